The fraction of sp³-hybridized carbons (Fsp3) is 0.385. The topological polar surface area (TPSA) is 75.0 Å². The Morgan fingerprint density at radius 1 is 0.839 bits per heavy atom. The Bertz CT molecular complexity index is 1080. The number of rotatable bonds is 5. The summed E-state index contributed by atoms with van der Waals surface area (Å²) in [6.07, 6.45) is 4.45. The van der Waals surface area contributed by atoms with Gasteiger partial charge in [0.15, 0.2) is 0 Å². The lowest BCUT2D eigenvalue weighted by Crippen LogP contribution is -2.30. The highest BCUT2D eigenvalue weighted by atomic mass is 16.5. The van der Waals surface area contributed by atoms with E-state index in [0.717, 1.165) is 42.7 Å². The molecule has 5 nitrogen and oxygen atoms in total. The number of H-pyrrole nitrogens is 2. The van der Waals surface area contributed by atoms with Gasteiger partial charge in [0.2, 0.25) is 0 Å². The fourth-order valence-corrected chi connectivity index (χ4v) is 4.53. The van der Waals surface area contributed by atoms with Crippen LogP contribution in [0.25, 0.3) is 0 Å². The van der Waals surface area contributed by atoms with Crippen LogP contribution < -0.4 is 16.0 Å². The average molecular weight is 421 g/mol. The summed E-state index contributed by atoms with van der Waals surface area (Å²) in [4.78, 5) is 30.1. The highest BCUT2D eigenvalue weighted by Crippen LogP contribution is 2.40. The first-order chi connectivity index (χ1) is 15.2. The number of hydrogen-bond donors (Lipinski definition) is 2. The first-order valence-corrected chi connectivity index (χ1v) is 11.2. The van der Waals surface area contributed by atoms with Crippen LogP contribution in [0.1, 0.15) is 73.8 Å². The molecule has 3 aromatic rings. The van der Waals surface area contributed by atoms with E-state index in [1.165, 1.54) is 5.56 Å². The largest absolute Gasteiger partial charge is 0.496 e. The molecule has 1 saturated carbocycles. The van der Waals surface area contributed by atoms with E-state index in [1.54, 1.807) is 7.11 Å². The van der Waals surface area contributed by atoms with E-state index in [1.807, 2.05) is 44.2 Å². The maximum absolute atomic E-state index is 12.7. The zero-order valence-electron chi connectivity index (χ0n) is 18.6. The number of benzene rings is 2. The fourth-order valence-electron chi connectivity index (χ4n) is 4.53. The maximum Gasteiger partial charge on any atom is 0.325 e. The van der Waals surface area contributed by atoms with E-state index < -0.39 is 5.69 Å². The molecule has 1 heterocycles. The molecule has 0 amide bonds. The molecule has 1 fully saturated rings. The second kappa shape index (κ2) is 10.8. The van der Waals surface area contributed by atoms with Crippen LogP contribution in [0.15, 0.2) is 64.2 Å². The van der Waals surface area contributed by atoms with Crippen LogP contribution in [0, 0.1) is 0 Å². The molecular weight excluding hydrogens is 388 g/mol. The Morgan fingerprint density at radius 3 is 2.13 bits per heavy atom. The van der Waals surface area contributed by atoms with Crippen LogP contribution in [-0.4, -0.2) is 17.1 Å². The summed E-state index contributed by atoms with van der Waals surface area (Å²) < 4.78 is 5.45. The van der Waals surface area contributed by atoms with Crippen molar-refractivity contribution in [2.75, 3.05) is 7.11 Å². The van der Waals surface area contributed by atoms with Crippen molar-refractivity contribution >= 4 is 0 Å². The molecule has 0 spiro atoms. The molecule has 1 aliphatic rings. The van der Waals surface area contributed by atoms with Gasteiger partial charge in [0.25, 0.3) is 5.56 Å². The summed E-state index contributed by atoms with van der Waals surface area (Å²) in [5, 5.41) is 0. The van der Waals surface area contributed by atoms with E-state index >= 15 is 0 Å². The Labute approximate surface area is 183 Å². The lowest BCUT2D eigenvalue weighted by Gasteiger charge is -2.29. The number of aromatic amines is 2. The summed E-state index contributed by atoms with van der Waals surface area (Å²) in [7, 11) is 1.63. The smallest absolute Gasteiger partial charge is 0.325 e. The van der Waals surface area contributed by atoms with Crippen LogP contribution in [-0.2, 0) is 6.42 Å². The van der Waals surface area contributed by atoms with E-state index in [9.17, 15) is 9.59 Å². The van der Waals surface area contributed by atoms with Gasteiger partial charge in [-0.05, 0) is 54.7 Å². The first-order valence-electron chi connectivity index (χ1n) is 11.2. The molecular formula is C26H32N2O3. The van der Waals surface area contributed by atoms with Crippen LogP contribution in [0.2, 0.25) is 0 Å². The van der Waals surface area contributed by atoms with Crippen molar-refractivity contribution in [1.82, 2.24) is 9.97 Å². The van der Waals surface area contributed by atoms with E-state index in [-0.39, 0.29) is 11.5 Å². The minimum absolute atomic E-state index is 0.190. The zero-order chi connectivity index (χ0) is 22.2. The van der Waals surface area contributed by atoms with Crippen molar-refractivity contribution in [2.45, 2.75) is 57.8 Å². The summed E-state index contributed by atoms with van der Waals surface area (Å²) >= 11 is 0. The van der Waals surface area contributed by atoms with E-state index in [0.29, 0.717) is 17.9 Å². The lowest BCUT2D eigenvalue weighted by molar-refractivity contribution is 0.388. The molecule has 1 aliphatic carbocycles. The van der Waals surface area contributed by atoms with Crippen molar-refractivity contribution in [3.63, 3.8) is 0 Å². The highest BCUT2D eigenvalue weighted by molar-refractivity contribution is 5.38. The standard InChI is InChI=1S/C24H26N2O3.C2H6/c1-29-21-10-6-5-9-19(21)15-20-22(25-24(28)26-23(20)27)18-13-11-17(12-14-18)16-7-3-2-4-8-16;1-2/h2-10,17-18H,11-15H2,1H3,(H2,25,26,27,28);1-2H3. The quantitative estimate of drug-likeness (QED) is 0.601. The molecule has 2 N–H and O–H groups in total. The molecule has 2 aromatic carbocycles. The third-order valence-corrected chi connectivity index (χ3v) is 6.04. The highest BCUT2D eigenvalue weighted by Gasteiger charge is 2.27. The molecule has 4 rings (SSSR count). The van der Waals surface area contributed by atoms with E-state index in [2.05, 4.69) is 34.2 Å². The molecule has 1 aromatic heterocycles. The summed E-state index contributed by atoms with van der Waals surface area (Å²) in [5.41, 5.74) is 3.00. The van der Waals surface area contributed by atoms with Gasteiger partial charge in [-0.3, -0.25) is 9.78 Å². The normalized spacial score (nSPS) is 18.0. The number of nitrogens with one attached hydrogen (secondary N) is 2. The van der Waals surface area contributed by atoms with Crippen LogP contribution >= 0.6 is 0 Å². The number of para-hydroxylation sites is 1. The maximum atomic E-state index is 12.7. The van der Waals surface area contributed by atoms with Gasteiger partial charge in [-0.25, -0.2) is 4.79 Å². The van der Waals surface area contributed by atoms with Gasteiger partial charge in [0.05, 0.1) is 7.11 Å². The van der Waals surface area contributed by atoms with Gasteiger partial charge in [-0.2, -0.15) is 0 Å². The van der Waals surface area contributed by atoms with Crippen LogP contribution in [0.3, 0.4) is 0 Å². The summed E-state index contributed by atoms with van der Waals surface area (Å²) in [6, 6.07) is 18.3. The minimum atomic E-state index is -0.432. The molecule has 0 aliphatic heterocycles. The average Bonchev–Trinajstić information content (AvgIpc) is 2.83. The summed E-state index contributed by atoms with van der Waals surface area (Å²) in [6.45, 7) is 4.00. The molecule has 0 unspecified atom stereocenters. The Hall–Kier alpha value is -3.08. The van der Waals surface area contributed by atoms with Gasteiger partial charge in [0.1, 0.15) is 5.75 Å². The SMILES string of the molecule is CC.COc1ccccc1Cc1c(C2CCC(c3ccccc3)CC2)[nH]c(=O)[nH]c1=O. The second-order valence-corrected chi connectivity index (χ2v) is 7.75. The molecule has 0 radical (unpaired) electrons. The van der Waals surface area contributed by atoms with Gasteiger partial charge < -0.3 is 9.72 Å². The molecule has 31 heavy (non-hydrogen) atoms. The number of methoxy groups -OCH3 is 1. The van der Waals surface area contributed by atoms with Gasteiger partial charge in [-0.1, -0.05) is 62.4 Å². The second-order valence-electron chi connectivity index (χ2n) is 7.75. The zero-order valence-corrected chi connectivity index (χ0v) is 18.6. The van der Waals surface area contributed by atoms with Crippen LogP contribution in [0.4, 0.5) is 0 Å². The van der Waals surface area contributed by atoms with E-state index in [4.69, 9.17) is 4.74 Å². The van der Waals surface area contributed by atoms with Crippen molar-refractivity contribution in [3.05, 3.63) is 97.8 Å². The van der Waals surface area contributed by atoms with Gasteiger partial charge in [0, 0.05) is 17.7 Å². The Morgan fingerprint density at radius 2 is 1.45 bits per heavy atom. The Kier molecular flexibility index (Phi) is 7.88. The number of hydrogen-bond acceptors (Lipinski definition) is 3. The van der Waals surface area contributed by atoms with Crippen molar-refractivity contribution in [1.29, 1.82) is 0 Å². The van der Waals surface area contributed by atoms with Gasteiger partial charge in [-0.15, -0.1) is 0 Å². The first kappa shape index (κ1) is 22.6. The summed E-state index contributed by atoms with van der Waals surface area (Å²) in [5.74, 6) is 1.48. The monoisotopic (exact) mass is 420 g/mol. The molecule has 0 saturated heterocycles. The number of ether oxygens (including phenoxy) is 1. The molecule has 0 atom stereocenters. The molecule has 164 valence electrons. The minimum Gasteiger partial charge on any atom is -0.496 e. The lowest BCUT2D eigenvalue weighted by atomic mass is 9.76. The third kappa shape index (κ3) is 5.35. The van der Waals surface area contributed by atoms with Crippen molar-refractivity contribution < 1.29 is 4.74 Å². The predicted molar refractivity (Wildman–Crippen MR) is 125 cm³/mol. The van der Waals surface area contributed by atoms with Gasteiger partial charge >= 0.3 is 5.69 Å². The molecule has 5 heteroatoms. The Balaban J connectivity index is 0.00000132. The van der Waals surface area contributed by atoms with Crippen LogP contribution in [0.5, 0.6) is 5.75 Å². The number of aromatic nitrogens is 2. The third-order valence-electron chi connectivity index (χ3n) is 6.04. The predicted octanol–water partition coefficient (Wildman–Crippen LogP) is 5.13. The van der Waals surface area contributed by atoms with Crippen molar-refractivity contribution in [3.8, 4) is 5.75 Å². The molecule has 0 bridgehead atoms. The van der Waals surface area contributed by atoms with Crippen molar-refractivity contribution in [2.24, 2.45) is 0 Å².